The minimum atomic E-state index is -4.34. The summed E-state index contributed by atoms with van der Waals surface area (Å²) in [5.74, 6) is 0. The molecule has 2 heterocycles. The van der Waals surface area contributed by atoms with Crippen molar-refractivity contribution in [3.05, 3.63) is 35.2 Å². The highest BCUT2D eigenvalue weighted by Crippen LogP contribution is 2.37. The summed E-state index contributed by atoms with van der Waals surface area (Å²) >= 11 is 1.35. The number of aromatic nitrogens is 1. The maximum atomic E-state index is 12.6. The summed E-state index contributed by atoms with van der Waals surface area (Å²) < 4.78 is 49.8. The van der Waals surface area contributed by atoms with Gasteiger partial charge in [-0.25, -0.2) is 4.98 Å². The van der Waals surface area contributed by atoms with Crippen LogP contribution in [-0.2, 0) is 15.5 Å². The van der Waals surface area contributed by atoms with Gasteiger partial charge < -0.3 is 9.31 Å². The molecule has 0 bridgehead atoms. The maximum Gasteiger partial charge on any atom is 0.515 e. The second kappa shape index (κ2) is 5.57. The van der Waals surface area contributed by atoms with Crippen molar-refractivity contribution in [3.8, 4) is 10.6 Å². The topological polar surface area (TPSA) is 31.4 Å². The van der Waals surface area contributed by atoms with Crippen LogP contribution >= 0.6 is 11.3 Å². The van der Waals surface area contributed by atoms with E-state index in [1.54, 1.807) is 0 Å². The summed E-state index contributed by atoms with van der Waals surface area (Å²) in [4.78, 5) is 4.47. The third-order valence-electron chi connectivity index (χ3n) is 4.48. The molecule has 0 radical (unpaired) electrons. The summed E-state index contributed by atoms with van der Waals surface area (Å²) in [6, 6.07) is 4.97. The predicted octanol–water partition coefficient (Wildman–Crippen LogP) is 4.13. The van der Waals surface area contributed by atoms with Crippen LogP contribution < -0.4 is 5.59 Å². The van der Waals surface area contributed by atoms with Crippen molar-refractivity contribution in [1.29, 1.82) is 0 Å². The SMILES string of the molecule is CC1(C)OB(c2csc(-c3ccc(C(F)(F)F)cc3)n2)OC1(C)C. The number of thiazole rings is 1. The van der Waals surface area contributed by atoms with Gasteiger partial charge in [0.1, 0.15) is 5.01 Å². The molecule has 3 nitrogen and oxygen atoms in total. The lowest BCUT2D eigenvalue weighted by molar-refractivity contribution is -0.137. The molecule has 128 valence electrons. The predicted molar refractivity (Wildman–Crippen MR) is 88.3 cm³/mol. The molecule has 1 fully saturated rings. The van der Waals surface area contributed by atoms with Crippen LogP contribution in [0.1, 0.15) is 33.3 Å². The minimum absolute atomic E-state index is 0.462. The first-order chi connectivity index (χ1) is 11.0. The lowest BCUT2D eigenvalue weighted by atomic mass is 9.86. The Labute approximate surface area is 143 Å². The summed E-state index contributed by atoms with van der Waals surface area (Å²) in [5.41, 5.74) is -0.329. The Morgan fingerprint density at radius 2 is 1.54 bits per heavy atom. The molecule has 2 aromatic rings. The van der Waals surface area contributed by atoms with Crippen LogP contribution in [0.3, 0.4) is 0 Å². The number of rotatable bonds is 2. The normalized spacial score (nSPS) is 19.7. The van der Waals surface area contributed by atoms with Crippen LogP contribution in [-0.4, -0.2) is 23.3 Å². The second-order valence-corrected chi connectivity index (χ2v) is 7.60. The number of hydrogen-bond acceptors (Lipinski definition) is 4. The summed E-state index contributed by atoms with van der Waals surface area (Å²) in [5, 5.41) is 2.45. The fourth-order valence-electron chi connectivity index (χ4n) is 2.29. The molecule has 0 N–H and O–H groups in total. The van der Waals surface area contributed by atoms with E-state index in [1.165, 1.54) is 23.5 Å². The molecule has 1 saturated heterocycles. The zero-order valence-corrected chi connectivity index (χ0v) is 14.6. The van der Waals surface area contributed by atoms with Crippen LogP contribution in [0.25, 0.3) is 10.6 Å². The number of hydrogen-bond donors (Lipinski definition) is 0. The molecule has 0 spiro atoms. The Morgan fingerprint density at radius 3 is 2.04 bits per heavy atom. The highest BCUT2D eigenvalue weighted by atomic mass is 32.1. The Balaban J connectivity index is 1.82. The van der Waals surface area contributed by atoms with E-state index >= 15 is 0 Å². The Bertz CT molecular complexity index is 725. The third kappa shape index (κ3) is 3.10. The summed E-state index contributed by atoms with van der Waals surface area (Å²) in [6.45, 7) is 7.82. The molecule has 3 rings (SSSR count). The molecular weight excluding hydrogens is 338 g/mol. The Morgan fingerprint density at radius 1 is 1.00 bits per heavy atom. The van der Waals surface area contributed by atoms with Gasteiger partial charge in [-0.3, -0.25) is 0 Å². The lowest BCUT2D eigenvalue weighted by Gasteiger charge is -2.32. The van der Waals surface area contributed by atoms with Crippen molar-refractivity contribution in [2.24, 2.45) is 0 Å². The maximum absolute atomic E-state index is 12.6. The third-order valence-corrected chi connectivity index (χ3v) is 5.39. The largest absolute Gasteiger partial charge is 0.515 e. The second-order valence-electron chi connectivity index (χ2n) is 6.74. The fourth-order valence-corrected chi connectivity index (χ4v) is 3.12. The first-order valence-corrected chi connectivity index (χ1v) is 8.36. The quantitative estimate of drug-likeness (QED) is 0.760. The molecule has 0 atom stereocenters. The molecule has 8 heteroatoms. The van der Waals surface area contributed by atoms with Crippen LogP contribution in [0.2, 0.25) is 0 Å². The van der Waals surface area contributed by atoms with Gasteiger partial charge in [0, 0.05) is 10.9 Å². The molecule has 1 aromatic carbocycles. The molecule has 1 aliphatic heterocycles. The molecule has 1 aromatic heterocycles. The summed E-state index contributed by atoms with van der Waals surface area (Å²) in [7, 11) is -0.575. The van der Waals surface area contributed by atoms with Gasteiger partial charge in [-0.05, 0) is 39.8 Å². The van der Waals surface area contributed by atoms with Crippen LogP contribution in [0, 0.1) is 0 Å². The van der Waals surface area contributed by atoms with Gasteiger partial charge in [-0.15, -0.1) is 11.3 Å². The van der Waals surface area contributed by atoms with E-state index in [-0.39, 0.29) is 0 Å². The van der Waals surface area contributed by atoms with E-state index in [1.807, 2.05) is 33.1 Å². The number of halogens is 3. The number of benzene rings is 1. The molecular formula is C16H17BF3NO2S. The van der Waals surface area contributed by atoms with Gasteiger partial charge in [0.05, 0.1) is 22.4 Å². The molecule has 0 aliphatic carbocycles. The zero-order chi connectivity index (χ0) is 17.8. The standard InChI is InChI=1S/C16H17BF3NO2S/c1-14(2)15(3,4)23-17(22-14)12-9-24-13(21-12)10-5-7-11(8-6-10)16(18,19)20/h5-9H,1-4H3. The van der Waals surface area contributed by atoms with E-state index in [4.69, 9.17) is 9.31 Å². The fraction of sp³-hybridized carbons (Fsp3) is 0.438. The molecule has 0 saturated carbocycles. The van der Waals surface area contributed by atoms with Crippen molar-refractivity contribution in [1.82, 2.24) is 4.98 Å². The van der Waals surface area contributed by atoms with E-state index in [2.05, 4.69) is 4.98 Å². The Kier molecular flexibility index (Phi) is 4.05. The van der Waals surface area contributed by atoms with E-state index in [0.29, 0.717) is 16.2 Å². The molecule has 1 aliphatic rings. The van der Waals surface area contributed by atoms with Gasteiger partial charge in [-0.2, -0.15) is 13.2 Å². The van der Waals surface area contributed by atoms with Crippen molar-refractivity contribution < 1.29 is 22.5 Å². The first kappa shape index (κ1) is 17.4. The number of alkyl halides is 3. The van der Waals surface area contributed by atoms with Crippen molar-refractivity contribution >= 4 is 24.0 Å². The molecule has 0 amide bonds. The monoisotopic (exact) mass is 355 g/mol. The molecule has 24 heavy (non-hydrogen) atoms. The van der Waals surface area contributed by atoms with Gasteiger partial charge in [0.2, 0.25) is 0 Å². The smallest absolute Gasteiger partial charge is 0.398 e. The van der Waals surface area contributed by atoms with Crippen molar-refractivity contribution in [2.45, 2.75) is 45.1 Å². The average molecular weight is 355 g/mol. The van der Waals surface area contributed by atoms with Gasteiger partial charge >= 0.3 is 13.3 Å². The highest BCUT2D eigenvalue weighted by Gasteiger charge is 2.52. The van der Waals surface area contributed by atoms with Crippen LogP contribution in [0.5, 0.6) is 0 Å². The summed E-state index contributed by atoms with van der Waals surface area (Å²) in [6.07, 6.45) is -4.34. The van der Waals surface area contributed by atoms with Gasteiger partial charge in [0.15, 0.2) is 0 Å². The Hall–Kier alpha value is -1.38. The highest BCUT2D eigenvalue weighted by molar-refractivity contribution is 7.14. The average Bonchev–Trinajstić information content (AvgIpc) is 3.02. The molecule has 0 unspecified atom stereocenters. The van der Waals surface area contributed by atoms with Crippen LogP contribution in [0.4, 0.5) is 13.2 Å². The van der Waals surface area contributed by atoms with E-state index < -0.39 is 30.1 Å². The van der Waals surface area contributed by atoms with Gasteiger partial charge in [-0.1, -0.05) is 12.1 Å². The van der Waals surface area contributed by atoms with Crippen molar-refractivity contribution in [3.63, 3.8) is 0 Å². The number of nitrogens with zero attached hydrogens (tertiary/aromatic N) is 1. The van der Waals surface area contributed by atoms with E-state index in [0.717, 1.165) is 12.1 Å². The lowest BCUT2D eigenvalue weighted by Crippen LogP contribution is -2.41. The van der Waals surface area contributed by atoms with E-state index in [9.17, 15) is 13.2 Å². The van der Waals surface area contributed by atoms with Crippen LogP contribution in [0.15, 0.2) is 29.6 Å². The van der Waals surface area contributed by atoms with Gasteiger partial charge in [0.25, 0.3) is 0 Å². The zero-order valence-electron chi connectivity index (χ0n) is 13.8. The van der Waals surface area contributed by atoms with Crippen molar-refractivity contribution in [2.75, 3.05) is 0 Å². The minimum Gasteiger partial charge on any atom is -0.398 e. The first-order valence-electron chi connectivity index (χ1n) is 7.48.